The number of halogens is 3. The number of hydrogen-bond donors (Lipinski definition) is 0. The topological polar surface area (TPSA) is 30.7 Å². The van der Waals surface area contributed by atoms with Crippen molar-refractivity contribution in [2.45, 2.75) is 13.3 Å². The zero-order valence-corrected chi connectivity index (χ0v) is 8.36. The second-order valence-electron chi connectivity index (χ2n) is 3.30. The number of benzene rings is 1. The van der Waals surface area contributed by atoms with Gasteiger partial charge in [0, 0.05) is 0 Å². The summed E-state index contributed by atoms with van der Waals surface area (Å²) >= 11 is 0. The van der Waals surface area contributed by atoms with Crippen LogP contribution in [0.3, 0.4) is 0 Å². The van der Waals surface area contributed by atoms with Gasteiger partial charge in [-0.2, -0.15) is 0 Å². The van der Waals surface area contributed by atoms with Crippen LogP contribution in [-0.2, 0) is 0 Å². The Morgan fingerprint density at radius 3 is 2.62 bits per heavy atom. The van der Waals surface area contributed by atoms with Crippen molar-refractivity contribution >= 4 is 0 Å². The predicted octanol–water partition coefficient (Wildman–Crippen LogP) is 2.65. The predicted molar refractivity (Wildman–Crippen MR) is 51.0 cm³/mol. The number of hydrogen-bond acceptors (Lipinski definition) is 2. The van der Waals surface area contributed by atoms with Gasteiger partial charge >= 0.3 is 0 Å². The smallest absolute Gasteiger partial charge is 0.218 e. The molecule has 0 N–H and O–H groups in total. The van der Waals surface area contributed by atoms with Crippen LogP contribution in [0, 0.1) is 12.7 Å². The quantitative estimate of drug-likeness (QED) is 0.789. The van der Waals surface area contributed by atoms with E-state index in [0.717, 1.165) is 16.6 Å². The molecule has 0 fully saturated rings. The van der Waals surface area contributed by atoms with Gasteiger partial charge in [0.15, 0.2) is 0 Å². The van der Waals surface area contributed by atoms with Crippen molar-refractivity contribution in [3.63, 3.8) is 0 Å². The van der Waals surface area contributed by atoms with Crippen molar-refractivity contribution in [3.05, 3.63) is 41.7 Å². The van der Waals surface area contributed by atoms with E-state index in [1.54, 1.807) is 13.0 Å². The molecule has 0 amide bonds. The number of alkyl halides is 2. The summed E-state index contributed by atoms with van der Waals surface area (Å²) in [5, 5.41) is 3.49. The third-order valence-corrected chi connectivity index (χ3v) is 2.05. The molecule has 0 spiro atoms. The maximum absolute atomic E-state index is 13.5. The zero-order chi connectivity index (χ0) is 11.7. The van der Waals surface area contributed by atoms with Crippen molar-refractivity contribution in [2.75, 3.05) is 0 Å². The third kappa shape index (κ3) is 1.91. The monoisotopic (exact) mass is 227 g/mol. The van der Waals surface area contributed by atoms with Crippen LogP contribution >= 0.6 is 0 Å². The molecule has 3 nitrogen and oxygen atoms in total. The van der Waals surface area contributed by atoms with E-state index in [0.29, 0.717) is 0 Å². The Balaban J connectivity index is 2.42. The minimum Gasteiger partial charge on any atom is -0.218 e. The lowest BCUT2D eigenvalue weighted by molar-refractivity contribution is 0.140. The Bertz CT molecular complexity index is 508. The van der Waals surface area contributed by atoms with Crippen molar-refractivity contribution in [1.29, 1.82) is 0 Å². The van der Waals surface area contributed by atoms with Crippen LogP contribution in [0.4, 0.5) is 13.2 Å². The summed E-state index contributed by atoms with van der Waals surface area (Å²) in [4.78, 5) is 3.39. The molecule has 2 aromatic rings. The van der Waals surface area contributed by atoms with Gasteiger partial charge in [-0.1, -0.05) is 6.07 Å². The standard InChI is InChI=1S/C10H8F3N3/c1-6-2-3-8(7(11)4-6)16-5-14-10(15-16)9(12)13/h2-5,9H,1H3. The Hall–Kier alpha value is -1.85. The molecule has 0 aliphatic rings. The molecule has 0 saturated heterocycles. The van der Waals surface area contributed by atoms with Crippen LogP contribution in [-0.4, -0.2) is 14.8 Å². The lowest BCUT2D eigenvalue weighted by Gasteiger charge is -2.02. The largest absolute Gasteiger partial charge is 0.299 e. The summed E-state index contributed by atoms with van der Waals surface area (Å²) in [7, 11) is 0. The lowest BCUT2D eigenvalue weighted by atomic mass is 10.2. The summed E-state index contributed by atoms with van der Waals surface area (Å²) in [6.45, 7) is 1.73. The van der Waals surface area contributed by atoms with E-state index in [4.69, 9.17) is 0 Å². The van der Waals surface area contributed by atoms with Crippen LogP contribution < -0.4 is 0 Å². The van der Waals surface area contributed by atoms with E-state index in [-0.39, 0.29) is 5.69 Å². The fraction of sp³-hybridized carbons (Fsp3) is 0.200. The molecular weight excluding hydrogens is 219 g/mol. The third-order valence-electron chi connectivity index (χ3n) is 2.05. The van der Waals surface area contributed by atoms with Gasteiger partial charge in [-0.3, -0.25) is 0 Å². The Kier molecular flexibility index (Phi) is 2.64. The average Bonchev–Trinajstić information content (AvgIpc) is 2.66. The first kappa shape index (κ1) is 10.7. The summed E-state index contributed by atoms with van der Waals surface area (Å²) in [6.07, 6.45) is -1.69. The lowest BCUT2D eigenvalue weighted by Crippen LogP contribution is -1.99. The first-order valence-corrected chi connectivity index (χ1v) is 4.54. The summed E-state index contributed by atoms with van der Waals surface area (Å²) in [6, 6.07) is 4.44. The number of rotatable bonds is 2. The first-order valence-electron chi connectivity index (χ1n) is 4.54. The molecule has 16 heavy (non-hydrogen) atoms. The Morgan fingerprint density at radius 1 is 1.31 bits per heavy atom. The van der Waals surface area contributed by atoms with Crippen molar-refractivity contribution in [3.8, 4) is 5.69 Å². The molecular formula is C10H8F3N3. The number of aryl methyl sites for hydroxylation is 1. The van der Waals surface area contributed by atoms with Gasteiger partial charge in [-0.25, -0.2) is 22.8 Å². The average molecular weight is 227 g/mol. The molecule has 0 saturated carbocycles. The minimum absolute atomic E-state index is 0.102. The van der Waals surface area contributed by atoms with Crippen molar-refractivity contribution in [1.82, 2.24) is 14.8 Å². The fourth-order valence-corrected chi connectivity index (χ4v) is 1.29. The van der Waals surface area contributed by atoms with E-state index < -0.39 is 18.1 Å². The van der Waals surface area contributed by atoms with Crippen molar-refractivity contribution in [2.24, 2.45) is 0 Å². The molecule has 1 heterocycles. The molecule has 0 aliphatic carbocycles. The van der Waals surface area contributed by atoms with E-state index >= 15 is 0 Å². The zero-order valence-electron chi connectivity index (χ0n) is 8.36. The van der Waals surface area contributed by atoms with Gasteiger partial charge in [-0.15, -0.1) is 5.10 Å². The molecule has 0 unspecified atom stereocenters. The first-order chi connectivity index (χ1) is 7.58. The minimum atomic E-state index is -2.75. The summed E-state index contributed by atoms with van der Waals surface area (Å²) < 4.78 is 38.9. The molecule has 0 bridgehead atoms. The molecule has 1 aromatic carbocycles. The highest BCUT2D eigenvalue weighted by Crippen LogP contribution is 2.17. The fourth-order valence-electron chi connectivity index (χ4n) is 1.29. The highest BCUT2D eigenvalue weighted by atomic mass is 19.3. The summed E-state index contributed by atoms with van der Waals surface area (Å²) in [5.41, 5.74) is 0.848. The molecule has 6 heteroatoms. The molecule has 84 valence electrons. The van der Waals surface area contributed by atoms with Crippen LogP contribution in [0.5, 0.6) is 0 Å². The molecule has 1 aromatic heterocycles. The highest BCUT2D eigenvalue weighted by Gasteiger charge is 2.14. The summed E-state index contributed by atoms with van der Waals surface area (Å²) in [5.74, 6) is -1.13. The second kappa shape index (κ2) is 3.96. The maximum atomic E-state index is 13.5. The number of aromatic nitrogens is 3. The number of nitrogens with zero attached hydrogens (tertiary/aromatic N) is 3. The van der Waals surface area contributed by atoms with E-state index in [1.165, 1.54) is 12.1 Å². The highest BCUT2D eigenvalue weighted by molar-refractivity contribution is 5.34. The van der Waals surface area contributed by atoms with Crippen LogP contribution in [0.2, 0.25) is 0 Å². The molecule has 2 rings (SSSR count). The molecule has 0 aliphatic heterocycles. The molecule has 0 radical (unpaired) electrons. The van der Waals surface area contributed by atoms with Gasteiger partial charge in [0.1, 0.15) is 17.8 Å². The van der Waals surface area contributed by atoms with Gasteiger partial charge in [-0.05, 0) is 24.6 Å². The van der Waals surface area contributed by atoms with Crippen molar-refractivity contribution < 1.29 is 13.2 Å². The SMILES string of the molecule is Cc1ccc(-n2cnc(C(F)F)n2)c(F)c1. The van der Waals surface area contributed by atoms with E-state index in [1.807, 2.05) is 0 Å². The van der Waals surface area contributed by atoms with Crippen LogP contribution in [0.25, 0.3) is 5.69 Å². The van der Waals surface area contributed by atoms with Crippen LogP contribution in [0.15, 0.2) is 24.5 Å². The Morgan fingerprint density at radius 2 is 2.06 bits per heavy atom. The van der Waals surface area contributed by atoms with Gasteiger partial charge in [0.05, 0.1) is 0 Å². The maximum Gasteiger partial charge on any atom is 0.299 e. The Labute approximate surface area is 89.5 Å². The second-order valence-corrected chi connectivity index (χ2v) is 3.30. The van der Waals surface area contributed by atoms with Gasteiger partial charge in [0.2, 0.25) is 5.82 Å². The van der Waals surface area contributed by atoms with E-state index in [9.17, 15) is 13.2 Å². The normalized spacial score (nSPS) is 11.1. The molecule has 0 atom stereocenters. The van der Waals surface area contributed by atoms with E-state index in [2.05, 4.69) is 10.1 Å². The van der Waals surface area contributed by atoms with Crippen LogP contribution in [0.1, 0.15) is 17.8 Å². The van der Waals surface area contributed by atoms with Gasteiger partial charge < -0.3 is 0 Å². The van der Waals surface area contributed by atoms with Gasteiger partial charge in [0.25, 0.3) is 6.43 Å².